The first-order valence-corrected chi connectivity index (χ1v) is 12.0. The summed E-state index contributed by atoms with van der Waals surface area (Å²) >= 11 is 0. The molecular weight excluding hydrogens is 378 g/mol. The third kappa shape index (κ3) is 4.00. The number of benzene rings is 1. The van der Waals surface area contributed by atoms with Crippen molar-refractivity contribution in [2.45, 2.75) is 78.1 Å². The zero-order chi connectivity index (χ0) is 22.6. The lowest BCUT2D eigenvalue weighted by Crippen LogP contribution is -2.34. The van der Waals surface area contributed by atoms with Crippen molar-refractivity contribution in [2.24, 2.45) is 11.8 Å². The van der Waals surface area contributed by atoms with Gasteiger partial charge in [-0.1, -0.05) is 65.5 Å². The molecular formula is C29H41NO. The Morgan fingerprint density at radius 1 is 1.16 bits per heavy atom. The number of fused-ring (bicyclic) bond motifs is 1. The third-order valence-corrected chi connectivity index (χ3v) is 8.34. The van der Waals surface area contributed by atoms with Gasteiger partial charge < -0.3 is 5.32 Å². The van der Waals surface area contributed by atoms with E-state index in [4.69, 9.17) is 0 Å². The molecule has 3 aliphatic rings. The summed E-state index contributed by atoms with van der Waals surface area (Å²) in [6.07, 6.45) is 8.54. The van der Waals surface area contributed by atoms with Crippen molar-refractivity contribution >= 4 is 5.78 Å². The lowest BCUT2D eigenvalue weighted by atomic mass is 9.62. The van der Waals surface area contributed by atoms with Crippen LogP contribution in [-0.2, 0) is 22.0 Å². The first-order valence-electron chi connectivity index (χ1n) is 12.0. The molecule has 0 aromatic heterocycles. The highest BCUT2D eigenvalue weighted by molar-refractivity contribution is 6.03. The van der Waals surface area contributed by atoms with E-state index in [1.165, 1.54) is 40.7 Å². The highest BCUT2D eigenvalue weighted by atomic mass is 16.1. The lowest BCUT2D eigenvalue weighted by Gasteiger charge is -2.42. The summed E-state index contributed by atoms with van der Waals surface area (Å²) in [6.45, 7) is 20.2. The molecule has 0 spiro atoms. The molecule has 1 aliphatic heterocycles. The van der Waals surface area contributed by atoms with Gasteiger partial charge in [-0.3, -0.25) is 4.79 Å². The van der Waals surface area contributed by atoms with Crippen LogP contribution in [0.3, 0.4) is 0 Å². The summed E-state index contributed by atoms with van der Waals surface area (Å²) in [5.74, 6) is 0.757. The van der Waals surface area contributed by atoms with Crippen LogP contribution in [0.15, 0.2) is 47.6 Å². The van der Waals surface area contributed by atoms with Gasteiger partial charge in [0.2, 0.25) is 0 Å². The molecule has 0 radical (unpaired) electrons. The molecule has 0 bridgehead atoms. The fraction of sp³-hybridized carbons (Fsp3) is 0.552. The van der Waals surface area contributed by atoms with Gasteiger partial charge in [0.15, 0.2) is 5.78 Å². The minimum absolute atomic E-state index is 0. The second-order valence-electron chi connectivity index (χ2n) is 11.4. The average molecular weight is 420 g/mol. The van der Waals surface area contributed by atoms with Crippen LogP contribution in [0, 0.1) is 18.8 Å². The summed E-state index contributed by atoms with van der Waals surface area (Å²) in [4.78, 5) is 13.2. The van der Waals surface area contributed by atoms with Crippen molar-refractivity contribution < 1.29 is 6.22 Å². The maximum Gasteiger partial charge on any atom is 0.166 e. The molecule has 4 rings (SSSR count). The summed E-state index contributed by atoms with van der Waals surface area (Å²) in [5.41, 5.74) is 9.12. The van der Waals surface area contributed by atoms with E-state index in [1.807, 2.05) is 6.08 Å². The topological polar surface area (TPSA) is 29.1 Å². The minimum Gasteiger partial charge on any atom is -0.316 e. The SMILES string of the molecule is C=C1C(Cc2cc3c(cc2C)C(C)(C)CCC3(C)C)=CC=C1C(=O)C(C)C1CCNC1.[HH]. The molecule has 2 nitrogen and oxygen atoms in total. The fourth-order valence-electron chi connectivity index (χ4n) is 5.68. The maximum absolute atomic E-state index is 13.2. The van der Waals surface area contributed by atoms with Crippen LogP contribution in [0.1, 0.15) is 77.6 Å². The van der Waals surface area contributed by atoms with Crippen LogP contribution in [0.2, 0.25) is 0 Å². The van der Waals surface area contributed by atoms with Crippen LogP contribution in [0.25, 0.3) is 0 Å². The van der Waals surface area contributed by atoms with E-state index in [0.717, 1.165) is 37.1 Å². The smallest absolute Gasteiger partial charge is 0.166 e. The Labute approximate surface area is 190 Å². The van der Waals surface area contributed by atoms with Gasteiger partial charge in [0.25, 0.3) is 0 Å². The number of carbonyl (C=O) groups excluding carboxylic acids is 1. The number of allylic oxidation sites excluding steroid dienone is 5. The molecule has 2 heteroatoms. The number of carbonyl (C=O) groups is 1. The average Bonchev–Trinajstić information content (AvgIpc) is 3.36. The third-order valence-electron chi connectivity index (χ3n) is 8.34. The Morgan fingerprint density at radius 2 is 1.81 bits per heavy atom. The van der Waals surface area contributed by atoms with Gasteiger partial charge in [0.1, 0.15) is 0 Å². The van der Waals surface area contributed by atoms with Crippen molar-refractivity contribution in [3.8, 4) is 0 Å². The highest BCUT2D eigenvalue weighted by Gasteiger charge is 2.37. The van der Waals surface area contributed by atoms with Crippen molar-refractivity contribution in [2.75, 3.05) is 13.1 Å². The largest absolute Gasteiger partial charge is 0.316 e. The molecule has 1 aromatic carbocycles. The van der Waals surface area contributed by atoms with E-state index in [9.17, 15) is 4.79 Å². The normalized spacial score (nSPS) is 25.1. The highest BCUT2D eigenvalue weighted by Crippen LogP contribution is 2.47. The molecule has 0 amide bonds. The monoisotopic (exact) mass is 419 g/mol. The molecule has 1 N–H and O–H groups in total. The lowest BCUT2D eigenvalue weighted by molar-refractivity contribution is -0.119. The van der Waals surface area contributed by atoms with Crippen LogP contribution in [0.4, 0.5) is 0 Å². The predicted molar refractivity (Wildman–Crippen MR) is 133 cm³/mol. The fourth-order valence-corrected chi connectivity index (χ4v) is 5.68. The number of ketones is 1. The number of hydrogen-bond donors (Lipinski definition) is 1. The molecule has 2 atom stereocenters. The Morgan fingerprint density at radius 3 is 2.42 bits per heavy atom. The second-order valence-corrected chi connectivity index (χ2v) is 11.4. The summed E-state index contributed by atoms with van der Waals surface area (Å²) in [7, 11) is 0. The van der Waals surface area contributed by atoms with Gasteiger partial charge in [-0.05, 0) is 95.8 Å². The van der Waals surface area contributed by atoms with Gasteiger partial charge in [-0.15, -0.1) is 0 Å². The molecule has 1 aromatic rings. The van der Waals surface area contributed by atoms with Crippen LogP contribution in [0.5, 0.6) is 0 Å². The molecule has 168 valence electrons. The van der Waals surface area contributed by atoms with Crippen molar-refractivity contribution in [3.05, 3.63) is 69.8 Å². The maximum atomic E-state index is 13.2. The van der Waals surface area contributed by atoms with E-state index in [0.29, 0.717) is 5.92 Å². The van der Waals surface area contributed by atoms with E-state index < -0.39 is 0 Å². The first kappa shape index (κ1) is 22.3. The number of hydrogen-bond acceptors (Lipinski definition) is 2. The molecule has 1 heterocycles. The van der Waals surface area contributed by atoms with Crippen LogP contribution < -0.4 is 5.32 Å². The number of aryl methyl sites for hydroxylation is 1. The van der Waals surface area contributed by atoms with Gasteiger partial charge in [0, 0.05) is 12.9 Å². The standard InChI is InChI=1S/C29H39NO.H2/c1-18-14-25-26(29(6,7)12-11-28(25,4)5)16-23(18)15-21-8-9-24(19(21)2)27(31)20(3)22-10-13-30-17-22;/h8-9,14,16,20,22,30H,2,10-13,15,17H2,1,3-7H3;1H. The number of nitrogens with one attached hydrogen (secondary N) is 1. The summed E-state index contributed by atoms with van der Waals surface area (Å²) in [6, 6.07) is 4.88. The van der Waals surface area contributed by atoms with Gasteiger partial charge in [-0.25, -0.2) is 0 Å². The Balaban J connectivity index is 0.00000289. The van der Waals surface area contributed by atoms with Gasteiger partial charge in [-0.2, -0.15) is 0 Å². The molecule has 31 heavy (non-hydrogen) atoms. The number of Topliss-reactive ketones (excluding diaryl/α,β-unsaturated/α-hetero) is 1. The summed E-state index contributed by atoms with van der Waals surface area (Å²) in [5, 5.41) is 3.39. The quantitative estimate of drug-likeness (QED) is 0.601. The number of rotatable bonds is 5. The first-order chi connectivity index (χ1) is 14.5. The minimum atomic E-state index is 0. The van der Waals surface area contributed by atoms with E-state index in [-0.39, 0.29) is 24.0 Å². The Hall–Kier alpha value is -1.93. The zero-order valence-electron chi connectivity index (χ0n) is 20.3. The summed E-state index contributed by atoms with van der Waals surface area (Å²) < 4.78 is 0. The van der Waals surface area contributed by atoms with Crippen molar-refractivity contribution in [1.82, 2.24) is 5.32 Å². The van der Waals surface area contributed by atoms with Crippen LogP contribution in [-0.4, -0.2) is 18.9 Å². The van der Waals surface area contributed by atoms with Crippen molar-refractivity contribution in [1.29, 1.82) is 0 Å². The van der Waals surface area contributed by atoms with Gasteiger partial charge in [0.05, 0.1) is 0 Å². The van der Waals surface area contributed by atoms with Gasteiger partial charge >= 0.3 is 0 Å². The van der Waals surface area contributed by atoms with Crippen LogP contribution >= 0.6 is 0 Å². The molecule has 2 aliphatic carbocycles. The zero-order valence-corrected chi connectivity index (χ0v) is 20.3. The Bertz CT molecular complexity index is 989. The van der Waals surface area contributed by atoms with E-state index >= 15 is 0 Å². The predicted octanol–water partition coefficient (Wildman–Crippen LogP) is 6.37. The van der Waals surface area contributed by atoms with E-state index in [2.05, 4.69) is 71.6 Å². The second kappa shape index (κ2) is 7.89. The van der Waals surface area contributed by atoms with E-state index in [1.54, 1.807) is 0 Å². The molecule has 1 fully saturated rings. The van der Waals surface area contributed by atoms with Crippen molar-refractivity contribution in [3.63, 3.8) is 0 Å². The molecule has 1 saturated heterocycles. The Kier molecular flexibility index (Phi) is 5.67. The molecule has 0 saturated carbocycles. The molecule has 2 unspecified atom stereocenters.